The fourth-order valence-corrected chi connectivity index (χ4v) is 5.42. The van der Waals surface area contributed by atoms with Crippen LogP contribution in [0.4, 0.5) is 0 Å². The molecule has 1 unspecified atom stereocenters. The maximum atomic E-state index is 11.2. The Balaban J connectivity index is 0.000000306. The first-order chi connectivity index (χ1) is 26.8. The van der Waals surface area contributed by atoms with Crippen LogP contribution >= 0.6 is 0 Å². The van der Waals surface area contributed by atoms with E-state index in [1.807, 2.05) is 184 Å². The number of carbonyl (C=O) groups is 1. The topological polar surface area (TPSA) is 65.0 Å². The number of ketones is 1. The minimum absolute atomic E-state index is 0. The van der Waals surface area contributed by atoms with Gasteiger partial charge in [0.05, 0.1) is 0 Å². The molecule has 1 aliphatic heterocycles. The third kappa shape index (κ3) is 16.7. The molecular formula is C50H51BrMgO5. The summed E-state index contributed by atoms with van der Waals surface area (Å²) in [7, 11) is 0. The Kier molecular flexibility index (Phi) is 22.9. The molecule has 290 valence electrons. The Hall–Kier alpha value is -4.76. The van der Waals surface area contributed by atoms with Gasteiger partial charge in [0.1, 0.15) is 28.6 Å². The van der Waals surface area contributed by atoms with Crippen LogP contribution < -0.4 is 26.5 Å². The van der Waals surface area contributed by atoms with Crippen molar-refractivity contribution in [3.8, 4) is 23.0 Å². The molecule has 5 nitrogen and oxygen atoms in total. The molecule has 0 saturated carbocycles. The van der Waals surface area contributed by atoms with E-state index >= 15 is 0 Å². The first-order valence-corrected chi connectivity index (χ1v) is 18.6. The van der Waals surface area contributed by atoms with Crippen molar-refractivity contribution >= 4 is 41.0 Å². The summed E-state index contributed by atoms with van der Waals surface area (Å²) >= 11 is 0. The van der Waals surface area contributed by atoms with Gasteiger partial charge >= 0.3 is 23.1 Å². The fourth-order valence-electron chi connectivity index (χ4n) is 5.42. The molecule has 0 aromatic heterocycles. The molecule has 6 aromatic carbocycles. The molecule has 1 N–H and O–H groups in total. The number of rotatable bonds is 9. The summed E-state index contributed by atoms with van der Waals surface area (Å²) in [6, 6.07) is 52.7. The predicted octanol–water partition coefficient (Wildman–Crippen LogP) is 9.39. The number of aliphatic hydroxyl groups is 1. The Bertz CT molecular complexity index is 2010. The van der Waals surface area contributed by atoms with E-state index in [-0.39, 0.29) is 45.8 Å². The molecule has 1 aliphatic rings. The van der Waals surface area contributed by atoms with Gasteiger partial charge in [-0.3, -0.25) is 4.79 Å². The number of ether oxygens (including phenoxy) is 3. The molecule has 0 bridgehead atoms. The number of hydrogen-bond acceptors (Lipinski definition) is 5. The van der Waals surface area contributed by atoms with Crippen molar-refractivity contribution in [2.24, 2.45) is 0 Å². The minimum Gasteiger partial charge on any atom is -1.00 e. The van der Waals surface area contributed by atoms with Crippen LogP contribution in [-0.2, 0) is 10.3 Å². The molecule has 7 heteroatoms. The molecule has 6 aromatic rings. The number of benzene rings is 6. The third-order valence-corrected chi connectivity index (χ3v) is 8.43. The maximum absolute atomic E-state index is 11.2. The average Bonchev–Trinajstić information content (AvgIpc) is 3.83. The van der Waals surface area contributed by atoms with Crippen molar-refractivity contribution in [1.82, 2.24) is 0 Å². The van der Waals surface area contributed by atoms with Gasteiger partial charge in [0.2, 0.25) is 0 Å². The van der Waals surface area contributed by atoms with Gasteiger partial charge in [-0.05, 0) is 100 Å². The van der Waals surface area contributed by atoms with Crippen LogP contribution in [0.2, 0.25) is 0 Å². The largest absolute Gasteiger partial charge is 2.00 e. The van der Waals surface area contributed by atoms with Gasteiger partial charge in [-0.1, -0.05) is 103 Å². The van der Waals surface area contributed by atoms with Gasteiger partial charge in [-0.15, -0.1) is 0 Å². The number of allylic oxidation sites excluding steroid dienone is 2. The number of carbonyl (C=O) groups excluding carboxylic acids is 1. The molecule has 0 amide bonds. The summed E-state index contributed by atoms with van der Waals surface area (Å²) in [5.41, 5.74) is 3.40. The van der Waals surface area contributed by atoms with Gasteiger partial charge < -0.3 is 36.3 Å². The van der Waals surface area contributed by atoms with Crippen molar-refractivity contribution in [3.63, 3.8) is 0 Å². The van der Waals surface area contributed by atoms with Crippen molar-refractivity contribution in [3.05, 3.63) is 204 Å². The van der Waals surface area contributed by atoms with Crippen LogP contribution in [0, 0.1) is 6.07 Å². The first kappa shape index (κ1) is 48.4. The molecule has 0 radical (unpaired) electrons. The minimum atomic E-state index is -1.04. The predicted molar refractivity (Wildman–Crippen MR) is 232 cm³/mol. The standard InChI is InChI=1S/C23H22O2.C17H16O2.C6H5.C4H8O.BrH.Mg/c1-3-9-18-10-7-8-13-22(18)25-21-16-14-20(15-17-21)23(2,24)19-11-5-4-6-12-19;1-3-6-15-7-4-5-8-17(15)19-16-11-9-14(10-12-16)13(2)18;1-2-4-6-5-3-1;1-2-4-5-3-1;;/h3-17,24H,1-2H3;3-12H,1-2H3;1-5H;1-4H2;1H;/q;;-1;;;+2/p-1. The van der Waals surface area contributed by atoms with E-state index in [1.165, 1.54) is 12.8 Å². The molecule has 57 heavy (non-hydrogen) atoms. The second kappa shape index (κ2) is 27.0. The van der Waals surface area contributed by atoms with Gasteiger partial charge in [-0.25, -0.2) is 0 Å². The summed E-state index contributed by atoms with van der Waals surface area (Å²) in [6.45, 7) is 9.31. The van der Waals surface area contributed by atoms with Crippen LogP contribution in [0.3, 0.4) is 0 Å². The van der Waals surface area contributed by atoms with Gasteiger partial charge in [0.25, 0.3) is 0 Å². The smallest absolute Gasteiger partial charge is 1.00 e. The SMILES string of the molecule is C1CCOC1.CC=Cc1ccccc1Oc1ccc(C(C)(O)c2ccccc2)cc1.CC=Cc1ccccc1Oc1ccc(C(C)=O)cc1.[Br-].[Mg+2].[c-]1ccccc1. The van der Waals surface area contributed by atoms with Crippen LogP contribution in [0.15, 0.2) is 170 Å². The number of halogens is 1. The first-order valence-electron chi connectivity index (χ1n) is 18.6. The Labute approximate surface area is 366 Å². The van der Waals surface area contributed by atoms with E-state index in [4.69, 9.17) is 14.2 Å². The summed E-state index contributed by atoms with van der Waals surface area (Å²) in [5, 5.41) is 10.9. The summed E-state index contributed by atoms with van der Waals surface area (Å²) in [6.07, 6.45) is 10.5. The van der Waals surface area contributed by atoms with Crippen molar-refractivity contribution in [2.75, 3.05) is 13.2 Å². The van der Waals surface area contributed by atoms with Crippen LogP contribution in [-0.4, -0.2) is 47.2 Å². The van der Waals surface area contributed by atoms with E-state index < -0.39 is 5.60 Å². The number of para-hydroxylation sites is 2. The van der Waals surface area contributed by atoms with Crippen LogP contribution in [0.25, 0.3) is 12.2 Å². The van der Waals surface area contributed by atoms with Crippen LogP contribution in [0.1, 0.15) is 73.1 Å². The van der Waals surface area contributed by atoms with Gasteiger partial charge in [0, 0.05) is 29.9 Å². The normalized spacial score (nSPS) is 12.4. The summed E-state index contributed by atoms with van der Waals surface area (Å²) in [5.74, 6) is 3.13. The summed E-state index contributed by atoms with van der Waals surface area (Å²) in [4.78, 5) is 11.2. The third-order valence-electron chi connectivity index (χ3n) is 8.43. The quantitative estimate of drug-likeness (QED) is 0.0894. The Morgan fingerprint density at radius 1 is 0.632 bits per heavy atom. The average molecular weight is 836 g/mol. The van der Waals surface area contributed by atoms with Gasteiger partial charge in [0.15, 0.2) is 5.78 Å². The van der Waals surface area contributed by atoms with E-state index in [2.05, 4.69) is 6.07 Å². The second-order valence-corrected chi connectivity index (χ2v) is 12.7. The Morgan fingerprint density at radius 2 is 1.05 bits per heavy atom. The summed E-state index contributed by atoms with van der Waals surface area (Å²) < 4.78 is 16.8. The number of hydrogen-bond donors (Lipinski definition) is 1. The molecule has 1 atom stereocenters. The Morgan fingerprint density at radius 3 is 1.44 bits per heavy atom. The van der Waals surface area contributed by atoms with Crippen LogP contribution in [0.5, 0.6) is 23.0 Å². The molecule has 0 aliphatic carbocycles. The molecule has 0 spiro atoms. The van der Waals surface area contributed by atoms with Crippen molar-refractivity contribution < 1.29 is 41.1 Å². The van der Waals surface area contributed by atoms with Gasteiger partial charge in [-0.2, -0.15) is 36.4 Å². The zero-order valence-electron chi connectivity index (χ0n) is 33.3. The zero-order chi connectivity index (χ0) is 39.1. The van der Waals surface area contributed by atoms with Crippen molar-refractivity contribution in [2.45, 2.75) is 46.1 Å². The molecule has 7 rings (SSSR count). The molecule has 1 saturated heterocycles. The zero-order valence-corrected chi connectivity index (χ0v) is 36.3. The molecular weight excluding hydrogens is 785 g/mol. The van der Waals surface area contributed by atoms with E-state index in [1.54, 1.807) is 26.0 Å². The molecule has 1 fully saturated rings. The van der Waals surface area contributed by atoms with E-state index in [0.717, 1.165) is 58.5 Å². The second-order valence-electron chi connectivity index (χ2n) is 12.7. The molecule has 1 heterocycles. The maximum Gasteiger partial charge on any atom is 2.00 e. The monoisotopic (exact) mass is 834 g/mol. The van der Waals surface area contributed by atoms with Crippen molar-refractivity contribution in [1.29, 1.82) is 0 Å². The van der Waals surface area contributed by atoms with E-state index in [0.29, 0.717) is 5.56 Å². The fraction of sp³-hybridized carbons (Fsp3) is 0.180. The van der Waals surface area contributed by atoms with E-state index in [9.17, 15) is 9.90 Å². The number of Topliss-reactive ketones (excluding diaryl/α,β-unsaturated/α-hetero) is 1.